The van der Waals surface area contributed by atoms with Crippen molar-refractivity contribution in [1.29, 1.82) is 0 Å². The number of nitrogens with zero attached hydrogens (tertiary/aromatic N) is 1. The van der Waals surface area contributed by atoms with E-state index in [1.807, 2.05) is 18.2 Å². The largest absolute Gasteiger partial charge is 0.508 e. The molecule has 0 spiro atoms. The van der Waals surface area contributed by atoms with Gasteiger partial charge in [-0.15, -0.1) is 0 Å². The summed E-state index contributed by atoms with van der Waals surface area (Å²) < 4.78 is 0. The van der Waals surface area contributed by atoms with Gasteiger partial charge in [-0.2, -0.15) is 0 Å². The molecule has 0 unspecified atom stereocenters. The second-order valence-electron chi connectivity index (χ2n) is 4.89. The van der Waals surface area contributed by atoms with Gasteiger partial charge in [-0.1, -0.05) is 18.2 Å². The molecule has 0 radical (unpaired) electrons. The minimum atomic E-state index is -0.202. The lowest BCUT2D eigenvalue weighted by atomic mass is 10.2. The number of phenols is 1. The van der Waals surface area contributed by atoms with Crippen molar-refractivity contribution in [1.82, 2.24) is 4.98 Å². The lowest BCUT2D eigenvalue weighted by Gasteiger charge is -2.12. The molecule has 23 heavy (non-hydrogen) atoms. The van der Waals surface area contributed by atoms with Crippen LogP contribution in [0.2, 0.25) is 0 Å². The Morgan fingerprint density at radius 1 is 0.913 bits per heavy atom. The smallest absolute Gasteiger partial charge is 0.255 e. The van der Waals surface area contributed by atoms with Gasteiger partial charge in [0.15, 0.2) is 5.82 Å². The maximum absolute atomic E-state index is 12.3. The Morgan fingerprint density at radius 2 is 1.65 bits per heavy atom. The van der Waals surface area contributed by atoms with Crippen LogP contribution < -0.4 is 10.6 Å². The third-order valence-corrected chi connectivity index (χ3v) is 3.22. The predicted octanol–water partition coefficient (Wildman–Crippen LogP) is 3.78. The molecule has 0 aliphatic heterocycles. The Labute approximate surface area is 133 Å². The number of rotatable bonds is 4. The van der Waals surface area contributed by atoms with Gasteiger partial charge in [-0.25, -0.2) is 4.98 Å². The van der Waals surface area contributed by atoms with Crippen molar-refractivity contribution >= 4 is 23.1 Å². The zero-order valence-corrected chi connectivity index (χ0v) is 12.2. The van der Waals surface area contributed by atoms with E-state index < -0.39 is 0 Å². The number of amides is 1. The van der Waals surface area contributed by atoms with Crippen molar-refractivity contribution in [2.45, 2.75) is 0 Å². The first kappa shape index (κ1) is 14.6. The number of aromatic nitrogens is 1. The minimum Gasteiger partial charge on any atom is -0.508 e. The number of carbonyl (C=O) groups excluding carboxylic acids is 1. The maximum atomic E-state index is 12.3. The Kier molecular flexibility index (Phi) is 4.20. The van der Waals surface area contributed by atoms with Gasteiger partial charge >= 0.3 is 0 Å². The third-order valence-electron chi connectivity index (χ3n) is 3.22. The van der Waals surface area contributed by atoms with E-state index in [4.69, 9.17) is 0 Å². The standard InChI is InChI=1S/C18H15N3O2/c22-15-10-8-14(9-11-15)20-17-16(7-4-12-19-17)21-18(23)13-5-2-1-3-6-13/h1-12,22H,(H,19,20)(H,21,23). The fourth-order valence-corrected chi connectivity index (χ4v) is 2.07. The summed E-state index contributed by atoms with van der Waals surface area (Å²) in [5, 5.41) is 15.3. The van der Waals surface area contributed by atoms with Gasteiger partial charge in [0.25, 0.3) is 5.91 Å². The highest BCUT2D eigenvalue weighted by atomic mass is 16.3. The minimum absolute atomic E-state index is 0.189. The zero-order valence-electron chi connectivity index (χ0n) is 12.2. The second-order valence-corrected chi connectivity index (χ2v) is 4.89. The number of nitrogens with one attached hydrogen (secondary N) is 2. The highest BCUT2D eigenvalue weighted by Crippen LogP contribution is 2.24. The molecule has 0 saturated heterocycles. The summed E-state index contributed by atoms with van der Waals surface area (Å²) in [7, 11) is 0. The Hall–Kier alpha value is -3.34. The Morgan fingerprint density at radius 3 is 2.39 bits per heavy atom. The number of phenolic OH excluding ortho intramolecular Hbond substituents is 1. The first-order valence-electron chi connectivity index (χ1n) is 7.10. The number of carbonyl (C=O) groups is 1. The topological polar surface area (TPSA) is 74.2 Å². The van der Waals surface area contributed by atoms with Gasteiger partial charge in [0.2, 0.25) is 0 Å². The van der Waals surface area contributed by atoms with E-state index in [1.54, 1.807) is 54.7 Å². The molecule has 5 nitrogen and oxygen atoms in total. The molecule has 2 aromatic carbocycles. The molecule has 0 aliphatic carbocycles. The second kappa shape index (κ2) is 6.62. The summed E-state index contributed by atoms with van der Waals surface area (Å²) in [6.07, 6.45) is 1.64. The zero-order chi connectivity index (χ0) is 16.1. The molecule has 0 atom stereocenters. The average Bonchev–Trinajstić information content (AvgIpc) is 2.59. The van der Waals surface area contributed by atoms with Crippen LogP contribution in [0.15, 0.2) is 72.9 Å². The first-order chi connectivity index (χ1) is 11.2. The van der Waals surface area contributed by atoms with E-state index in [1.165, 1.54) is 0 Å². The number of aromatic hydroxyl groups is 1. The van der Waals surface area contributed by atoms with Crippen LogP contribution in [0.3, 0.4) is 0 Å². The highest BCUT2D eigenvalue weighted by Gasteiger charge is 2.09. The van der Waals surface area contributed by atoms with Gasteiger partial charge in [-0.05, 0) is 48.5 Å². The summed E-state index contributed by atoms with van der Waals surface area (Å²) in [4.78, 5) is 16.5. The predicted molar refractivity (Wildman–Crippen MR) is 90.0 cm³/mol. The number of hydrogen-bond donors (Lipinski definition) is 3. The van der Waals surface area contributed by atoms with Gasteiger partial charge in [0, 0.05) is 17.4 Å². The van der Waals surface area contributed by atoms with Gasteiger partial charge in [0.1, 0.15) is 5.75 Å². The van der Waals surface area contributed by atoms with Crippen molar-refractivity contribution in [2.75, 3.05) is 10.6 Å². The van der Waals surface area contributed by atoms with E-state index in [-0.39, 0.29) is 11.7 Å². The molecule has 3 N–H and O–H groups in total. The number of hydrogen-bond acceptors (Lipinski definition) is 4. The molecule has 0 aliphatic rings. The van der Waals surface area contributed by atoms with Crippen LogP contribution in [-0.4, -0.2) is 16.0 Å². The maximum Gasteiger partial charge on any atom is 0.255 e. The van der Waals surface area contributed by atoms with Crippen molar-refractivity contribution in [3.63, 3.8) is 0 Å². The average molecular weight is 305 g/mol. The van der Waals surface area contributed by atoms with Crippen LogP contribution in [0.1, 0.15) is 10.4 Å². The quantitative estimate of drug-likeness (QED) is 0.641. The fraction of sp³-hybridized carbons (Fsp3) is 0. The Bertz CT molecular complexity index is 802. The lowest BCUT2D eigenvalue weighted by Crippen LogP contribution is -2.13. The van der Waals surface area contributed by atoms with Gasteiger partial charge < -0.3 is 15.7 Å². The van der Waals surface area contributed by atoms with Crippen LogP contribution >= 0.6 is 0 Å². The molecule has 114 valence electrons. The molecule has 1 aromatic heterocycles. The molecule has 0 saturated carbocycles. The van der Waals surface area contributed by atoms with Crippen molar-refractivity contribution in [2.24, 2.45) is 0 Å². The summed E-state index contributed by atoms with van der Waals surface area (Å²) in [5.74, 6) is 0.518. The molecule has 0 bridgehead atoms. The number of anilines is 3. The summed E-state index contributed by atoms with van der Waals surface area (Å²) >= 11 is 0. The van der Waals surface area contributed by atoms with E-state index in [0.717, 1.165) is 5.69 Å². The van der Waals surface area contributed by atoms with Crippen LogP contribution in [0.5, 0.6) is 5.75 Å². The van der Waals surface area contributed by atoms with Crippen LogP contribution in [0.4, 0.5) is 17.2 Å². The number of benzene rings is 2. The highest BCUT2D eigenvalue weighted by molar-refractivity contribution is 6.05. The van der Waals surface area contributed by atoms with Gasteiger partial charge in [0.05, 0.1) is 5.69 Å². The van der Waals surface area contributed by atoms with E-state index in [9.17, 15) is 9.90 Å². The Balaban J connectivity index is 1.80. The van der Waals surface area contributed by atoms with Crippen LogP contribution in [-0.2, 0) is 0 Å². The molecular weight excluding hydrogens is 290 g/mol. The molecule has 0 fully saturated rings. The van der Waals surface area contributed by atoms with E-state index >= 15 is 0 Å². The SMILES string of the molecule is O=C(Nc1cccnc1Nc1ccc(O)cc1)c1ccccc1. The third kappa shape index (κ3) is 3.65. The van der Waals surface area contributed by atoms with Gasteiger partial charge in [-0.3, -0.25) is 4.79 Å². The van der Waals surface area contributed by atoms with Crippen molar-refractivity contribution in [3.8, 4) is 5.75 Å². The molecule has 3 aromatic rings. The summed E-state index contributed by atoms with van der Waals surface area (Å²) in [6.45, 7) is 0. The summed E-state index contributed by atoms with van der Waals surface area (Å²) in [6, 6.07) is 19.1. The van der Waals surface area contributed by atoms with Crippen molar-refractivity contribution < 1.29 is 9.90 Å². The number of pyridine rings is 1. The summed E-state index contributed by atoms with van der Waals surface area (Å²) in [5.41, 5.74) is 1.91. The molecular formula is C18H15N3O2. The van der Waals surface area contributed by atoms with Crippen molar-refractivity contribution in [3.05, 3.63) is 78.5 Å². The van der Waals surface area contributed by atoms with E-state index in [2.05, 4.69) is 15.6 Å². The lowest BCUT2D eigenvalue weighted by molar-refractivity contribution is 0.102. The van der Waals surface area contributed by atoms with E-state index in [0.29, 0.717) is 17.1 Å². The molecule has 1 heterocycles. The molecule has 5 heteroatoms. The normalized spacial score (nSPS) is 10.1. The molecule has 3 rings (SSSR count). The molecule has 1 amide bonds. The van der Waals surface area contributed by atoms with Crippen LogP contribution in [0.25, 0.3) is 0 Å². The van der Waals surface area contributed by atoms with Crippen LogP contribution in [0, 0.1) is 0 Å². The first-order valence-corrected chi connectivity index (χ1v) is 7.10. The fourth-order valence-electron chi connectivity index (χ4n) is 2.07. The monoisotopic (exact) mass is 305 g/mol.